The van der Waals surface area contributed by atoms with Gasteiger partial charge in [0.05, 0.1) is 5.70 Å². The van der Waals surface area contributed by atoms with E-state index < -0.39 is 0 Å². The molecular formula is C17H25N3O. The number of hydrazone groups is 1. The van der Waals surface area contributed by atoms with E-state index in [1.807, 2.05) is 64.2 Å². The number of rotatable bonds is 9. The van der Waals surface area contributed by atoms with Crippen molar-refractivity contribution in [1.82, 2.24) is 10.7 Å². The van der Waals surface area contributed by atoms with Crippen LogP contribution in [0.15, 0.2) is 65.1 Å². The molecule has 0 saturated heterocycles. The molecule has 1 amide bonds. The smallest absolute Gasteiger partial charge is 0.211 e. The van der Waals surface area contributed by atoms with Gasteiger partial charge in [0.1, 0.15) is 0 Å². The number of amides is 1. The molecule has 0 aliphatic rings. The van der Waals surface area contributed by atoms with Gasteiger partial charge in [0.2, 0.25) is 6.41 Å². The molecule has 0 aliphatic carbocycles. The van der Waals surface area contributed by atoms with Crippen molar-refractivity contribution in [2.75, 3.05) is 0 Å². The molecular weight excluding hydrogens is 262 g/mol. The summed E-state index contributed by atoms with van der Waals surface area (Å²) in [7, 11) is 0. The molecule has 0 atom stereocenters. The van der Waals surface area contributed by atoms with Gasteiger partial charge in [-0.05, 0) is 39.3 Å². The molecule has 0 radical (unpaired) electrons. The Balaban J connectivity index is 4.53. The number of hydrogen-bond donors (Lipinski definition) is 2. The normalized spacial score (nSPS) is 13.8. The molecule has 4 heteroatoms. The van der Waals surface area contributed by atoms with Crippen molar-refractivity contribution < 1.29 is 4.79 Å². The van der Waals surface area contributed by atoms with Crippen LogP contribution in [0.1, 0.15) is 34.1 Å². The first-order valence-electron chi connectivity index (χ1n) is 6.86. The van der Waals surface area contributed by atoms with Gasteiger partial charge in [0.25, 0.3) is 0 Å². The highest BCUT2D eigenvalue weighted by atomic mass is 16.1. The van der Waals surface area contributed by atoms with E-state index >= 15 is 0 Å². The van der Waals surface area contributed by atoms with Crippen LogP contribution < -0.4 is 10.7 Å². The largest absolute Gasteiger partial charge is 0.329 e. The number of carbonyl (C=O) groups excluding carboxylic acids is 1. The molecule has 4 nitrogen and oxygen atoms in total. The molecule has 0 spiro atoms. The van der Waals surface area contributed by atoms with Gasteiger partial charge in [-0.3, -0.25) is 10.2 Å². The molecule has 0 aliphatic heterocycles. The predicted molar refractivity (Wildman–Crippen MR) is 90.7 cm³/mol. The van der Waals surface area contributed by atoms with Crippen LogP contribution in [0.3, 0.4) is 0 Å². The lowest BCUT2D eigenvalue weighted by molar-refractivity contribution is -0.108. The minimum Gasteiger partial charge on any atom is -0.329 e. The fourth-order valence-corrected chi connectivity index (χ4v) is 1.32. The van der Waals surface area contributed by atoms with Gasteiger partial charge in [0.15, 0.2) is 0 Å². The van der Waals surface area contributed by atoms with Crippen molar-refractivity contribution in [2.24, 2.45) is 5.10 Å². The second-order valence-electron chi connectivity index (χ2n) is 4.43. The van der Waals surface area contributed by atoms with Crippen molar-refractivity contribution in [3.63, 3.8) is 0 Å². The minimum atomic E-state index is 0.648. The number of carbonyl (C=O) groups is 1. The quantitative estimate of drug-likeness (QED) is 0.295. The van der Waals surface area contributed by atoms with Crippen LogP contribution in [0.5, 0.6) is 0 Å². The summed E-state index contributed by atoms with van der Waals surface area (Å²) < 4.78 is 0. The average Bonchev–Trinajstić information content (AvgIpc) is 2.48. The molecule has 0 heterocycles. The Morgan fingerprint density at radius 1 is 1.24 bits per heavy atom. The first-order valence-corrected chi connectivity index (χ1v) is 6.86. The molecule has 0 bridgehead atoms. The van der Waals surface area contributed by atoms with E-state index in [0.29, 0.717) is 12.1 Å². The second-order valence-corrected chi connectivity index (χ2v) is 4.43. The zero-order valence-electron chi connectivity index (χ0n) is 13.3. The lowest BCUT2D eigenvalue weighted by atomic mass is 10.2. The summed E-state index contributed by atoms with van der Waals surface area (Å²) >= 11 is 0. The van der Waals surface area contributed by atoms with Crippen molar-refractivity contribution in [1.29, 1.82) is 0 Å². The predicted octanol–water partition coefficient (Wildman–Crippen LogP) is 3.58. The number of allylic oxidation sites excluding steroid dienone is 7. The van der Waals surface area contributed by atoms with Gasteiger partial charge < -0.3 is 5.32 Å². The monoisotopic (exact) mass is 287 g/mol. The van der Waals surface area contributed by atoms with E-state index in [9.17, 15) is 4.79 Å². The fraction of sp³-hybridized carbons (Fsp3) is 0.294. The molecule has 0 saturated carbocycles. The van der Waals surface area contributed by atoms with E-state index in [1.54, 1.807) is 0 Å². The van der Waals surface area contributed by atoms with Gasteiger partial charge in [-0.2, -0.15) is 5.10 Å². The fourth-order valence-electron chi connectivity index (χ4n) is 1.32. The third kappa shape index (κ3) is 9.21. The zero-order valence-corrected chi connectivity index (χ0v) is 13.3. The molecule has 2 N–H and O–H groups in total. The van der Waals surface area contributed by atoms with Gasteiger partial charge in [0, 0.05) is 17.8 Å². The van der Waals surface area contributed by atoms with Crippen LogP contribution in [0.2, 0.25) is 0 Å². The Morgan fingerprint density at radius 2 is 1.95 bits per heavy atom. The van der Waals surface area contributed by atoms with E-state index in [-0.39, 0.29) is 0 Å². The Morgan fingerprint density at radius 3 is 2.52 bits per heavy atom. The third-order valence-electron chi connectivity index (χ3n) is 2.62. The number of nitrogens with zero attached hydrogens (tertiary/aromatic N) is 1. The summed E-state index contributed by atoms with van der Waals surface area (Å²) in [5.74, 6) is 0. The summed E-state index contributed by atoms with van der Waals surface area (Å²) in [6, 6.07) is 0. The molecule has 114 valence electrons. The summed E-state index contributed by atoms with van der Waals surface area (Å²) in [6.45, 7) is 11.6. The van der Waals surface area contributed by atoms with E-state index in [2.05, 4.69) is 22.4 Å². The summed E-state index contributed by atoms with van der Waals surface area (Å²) in [6.07, 6.45) is 13.1. The Kier molecular flexibility index (Phi) is 10.2. The second kappa shape index (κ2) is 11.5. The molecule has 0 fully saturated rings. The Bertz CT molecular complexity index is 494. The minimum absolute atomic E-state index is 0.648. The highest BCUT2D eigenvalue weighted by Crippen LogP contribution is 2.06. The first kappa shape index (κ1) is 18.6. The van der Waals surface area contributed by atoms with Crippen LogP contribution >= 0.6 is 0 Å². The Labute approximate surface area is 127 Å². The van der Waals surface area contributed by atoms with Gasteiger partial charge in [-0.25, -0.2) is 0 Å². The maximum absolute atomic E-state index is 10.4. The van der Waals surface area contributed by atoms with E-state index in [0.717, 1.165) is 23.4 Å². The van der Waals surface area contributed by atoms with Crippen LogP contribution in [0, 0.1) is 0 Å². The highest BCUT2D eigenvalue weighted by Gasteiger charge is 1.97. The van der Waals surface area contributed by atoms with Crippen molar-refractivity contribution >= 4 is 12.1 Å². The van der Waals surface area contributed by atoms with Gasteiger partial charge in [-0.15, -0.1) is 0 Å². The summed E-state index contributed by atoms with van der Waals surface area (Å²) in [5, 5.41) is 6.87. The SMILES string of the molecule is C=C(N/N=C(\C)C/C=C\C=C/C)/C(C)=C\C(=C/C)NC=O. The molecule has 0 aromatic heterocycles. The molecule has 0 rings (SSSR count). The lowest BCUT2D eigenvalue weighted by Gasteiger charge is -2.07. The summed E-state index contributed by atoms with van der Waals surface area (Å²) in [5.41, 5.74) is 6.20. The van der Waals surface area contributed by atoms with Crippen LogP contribution in [0.4, 0.5) is 0 Å². The van der Waals surface area contributed by atoms with Crippen LogP contribution in [-0.2, 0) is 4.79 Å². The average molecular weight is 287 g/mol. The van der Waals surface area contributed by atoms with Gasteiger partial charge >= 0.3 is 0 Å². The molecule has 21 heavy (non-hydrogen) atoms. The van der Waals surface area contributed by atoms with Crippen molar-refractivity contribution in [2.45, 2.75) is 34.1 Å². The molecule has 0 unspecified atom stereocenters. The first-order chi connectivity index (χ1) is 10.0. The Hall–Kier alpha value is -2.36. The summed E-state index contributed by atoms with van der Waals surface area (Å²) in [4.78, 5) is 10.4. The molecule has 0 aromatic rings. The standard InChI is InChI=1S/C17H25N3O/c1-6-8-9-10-11-15(4)19-20-16(5)14(3)12-17(7-2)18-13-21/h6-10,12-13,20H,5,11H2,1-4H3,(H,18,21)/b8-6-,10-9-,14-12-,17-7+,19-15+. The maximum atomic E-state index is 10.4. The number of hydrogen-bond acceptors (Lipinski definition) is 3. The van der Waals surface area contributed by atoms with Crippen LogP contribution in [-0.4, -0.2) is 12.1 Å². The number of nitrogens with one attached hydrogen (secondary N) is 2. The van der Waals surface area contributed by atoms with Crippen molar-refractivity contribution in [3.8, 4) is 0 Å². The molecule has 0 aromatic carbocycles. The lowest BCUT2D eigenvalue weighted by Crippen LogP contribution is -2.11. The highest BCUT2D eigenvalue weighted by molar-refractivity contribution is 5.83. The van der Waals surface area contributed by atoms with E-state index in [4.69, 9.17) is 0 Å². The zero-order chi connectivity index (χ0) is 16.1. The third-order valence-corrected chi connectivity index (χ3v) is 2.62. The maximum Gasteiger partial charge on any atom is 0.211 e. The topological polar surface area (TPSA) is 53.5 Å². The van der Waals surface area contributed by atoms with Gasteiger partial charge in [-0.1, -0.05) is 37.0 Å². The van der Waals surface area contributed by atoms with Crippen molar-refractivity contribution in [3.05, 3.63) is 60.0 Å². The van der Waals surface area contributed by atoms with E-state index in [1.165, 1.54) is 0 Å². The van der Waals surface area contributed by atoms with Crippen LogP contribution in [0.25, 0.3) is 0 Å².